The van der Waals surface area contributed by atoms with E-state index in [1.807, 2.05) is 0 Å². The Balaban J connectivity index is 1.55. The third kappa shape index (κ3) is 3.03. The first-order chi connectivity index (χ1) is 12.7. The minimum atomic E-state index is -0.200. The van der Waals surface area contributed by atoms with Crippen molar-refractivity contribution in [2.45, 2.75) is 85.2 Å². The summed E-state index contributed by atoms with van der Waals surface area (Å²) in [5.74, 6) is 3.34. The predicted molar refractivity (Wildman–Crippen MR) is 103 cm³/mol. The molecule has 150 valence electrons. The molecule has 0 saturated heterocycles. The minimum Gasteiger partial charge on any atom is -0.462 e. The summed E-state index contributed by atoms with van der Waals surface area (Å²) in [7, 11) is 0. The lowest BCUT2D eigenvalue weighted by Crippen LogP contribution is -2.53. The molecule has 3 saturated carbocycles. The van der Waals surface area contributed by atoms with E-state index < -0.39 is 0 Å². The molecule has 4 heteroatoms. The smallest absolute Gasteiger partial charge is 0.307 e. The molecule has 0 spiro atoms. The second-order valence-electron chi connectivity index (χ2n) is 10.0. The molecule has 4 rings (SSSR count). The van der Waals surface area contributed by atoms with Gasteiger partial charge in [0.25, 0.3) is 0 Å². The molecule has 0 radical (unpaired) electrons. The summed E-state index contributed by atoms with van der Waals surface area (Å²) >= 11 is 0. The molecule has 0 aromatic rings. The molecule has 7 atom stereocenters. The Kier molecular flexibility index (Phi) is 4.67. The summed E-state index contributed by atoms with van der Waals surface area (Å²) in [5.41, 5.74) is 0.469. The van der Waals surface area contributed by atoms with Crippen molar-refractivity contribution in [1.82, 2.24) is 0 Å². The zero-order chi connectivity index (χ0) is 19.4. The maximum absolute atomic E-state index is 11.6. The normalized spacial score (nSPS) is 45.8. The molecule has 0 heterocycles. The molecule has 4 aliphatic carbocycles. The molecule has 0 aromatic carbocycles. The lowest BCUT2D eigenvalue weighted by Gasteiger charge is -2.59. The molecule has 0 aromatic heterocycles. The van der Waals surface area contributed by atoms with Gasteiger partial charge in [-0.25, -0.2) is 0 Å². The summed E-state index contributed by atoms with van der Waals surface area (Å²) in [4.78, 5) is 22.9. The Morgan fingerprint density at radius 2 is 1.70 bits per heavy atom. The first kappa shape index (κ1) is 19.0. The monoisotopic (exact) mass is 374 g/mol. The van der Waals surface area contributed by atoms with E-state index in [1.165, 1.54) is 39.0 Å². The Morgan fingerprint density at radius 3 is 2.41 bits per heavy atom. The fraction of sp³-hybridized carbons (Fsp3) is 0.826. The number of esters is 2. The van der Waals surface area contributed by atoms with Crippen molar-refractivity contribution in [3.8, 4) is 0 Å². The minimum absolute atomic E-state index is 0.105. The van der Waals surface area contributed by atoms with Crippen LogP contribution >= 0.6 is 0 Å². The van der Waals surface area contributed by atoms with E-state index in [2.05, 4.69) is 19.9 Å². The van der Waals surface area contributed by atoms with Crippen LogP contribution in [0.4, 0.5) is 0 Å². The molecule has 27 heavy (non-hydrogen) atoms. The molecule has 3 fully saturated rings. The van der Waals surface area contributed by atoms with E-state index in [4.69, 9.17) is 9.47 Å². The molecule has 0 aliphatic heterocycles. The molecule has 4 aliphatic rings. The average Bonchev–Trinajstić information content (AvgIpc) is 2.91. The topological polar surface area (TPSA) is 52.6 Å². The SMILES string of the molecule is CC(=O)OC1=CC[C@@]2(C)C(CC[C@@H]3[C@H]2CC[C@]2(C)C(OC(C)=O)CC[C@@H]32)C1. The van der Waals surface area contributed by atoms with Gasteiger partial charge in [0.05, 0.1) is 0 Å². The standard InChI is InChI=1S/C23H34O4/c1-14(24)26-17-9-11-22(3)16(13-17)5-6-18-19-7-8-21(27-15(2)25)23(19,4)12-10-20(18)22/h9,16,18-21H,5-8,10-13H2,1-4H3/t16?,18-,19-,20+,21?,22-,23-/m0/s1. The predicted octanol–water partition coefficient (Wildman–Crippen LogP) is 5.02. The van der Waals surface area contributed by atoms with Gasteiger partial charge in [-0.05, 0) is 80.1 Å². The van der Waals surface area contributed by atoms with Gasteiger partial charge in [-0.2, -0.15) is 0 Å². The van der Waals surface area contributed by atoms with Crippen LogP contribution in [0.2, 0.25) is 0 Å². The Morgan fingerprint density at radius 1 is 0.963 bits per heavy atom. The molecular formula is C23H34O4. The highest BCUT2D eigenvalue weighted by atomic mass is 16.5. The lowest BCUT2D eigenvalue weighted by molar-refractivity contribution is -0.160. The third-order valence-electron chi connectivity index (χ3n) is 8.78. The maximum Gasteiger partial charge on any atom is 0.307 e. The Hall–Kier alpha value is -1.32. The molecule has 0 N–H and O–H groups in total. The van der Waals surface area contributed by atoms with Crippen molar-refractivity contribution in [3.05, 3.63) is 11.8 Å². The number of carbonyl (C=O) groups is 2. The fourth-order valence-electron chi connectivity index (χ4n) is 7.46. The molecular weight excluding hydrogens is 340 g/mol. The quantitative estimate of drug-likeness (QED) is 0.637. The van der Waals surface area contributed by atoms with Gasteiger partial charge in [-0.1, -0.05) is 13.8 Å². The summed E-state index contributed by atoms with van der Waals surface area (Å²) in [6.07, 6.45) is 11.4. The second-order valence-corrected chi connectivity index (χ2v) is 10.0. The van der Waals surface area contributed by atoms with Crippen LogP contribution in [0.15, 0.2) is 11.8 Å². The van der Waals surface area contributed by atoms with Crippen LogP contribution in [0.25, 0.3) is 0 Å². The molecule has 2 unspecified atom stereocenters. The highest BCUT2D eigenvalue weighted by Crippen LogP contribution is 2.66. The largest absolute Gasteiger partial charge is 0.462 e. The maximum atomic E-state index is 11.6. The van der Waals surface area contributed by atoms with Crippen molar-refractivity contribution in [1.29, 1.82) is 0 Å². The Bertz CT molecular complexity index is 667. The van der Waals surface area contributed by atoms with E-state index in [1.54, 1.807) is 6.92 Å². The molecule has 0 bridgehead atoms. The van der Waals surface area contributed by atoms with Crippen molar-refractivity contribution < 1.29 is 19.1 Å². The fourth-order valence-corrected chi connectivity index (χ4v) is 7.46. The van der Waals surface area contributed by atoms with Gasteiger partial charge >= 0.3 is 11.9 Å². The van der Waals surface area contributed by atoms with Crippen LogP contribution in [0.5, 0.6) is 0 Å². The van der Waals surface area contributed by atoms with Gasteiger partial charge in [-0.3, -0.25) is 9.59 Å². The van der Waals surface area contributed by atoms with Crippen molar-refractivity contribution in [3.63, 3.8) is 0 Å². The number of hydrogen-bond acceptors (Lipinski definition) is 4. The van der Waals surface area contributed by atoms with E-state index in [0.717, 1.165) is 36.9 Å². The number of rotatable bonds is 2. The van der Waals surface area contributed by atoms with E-state index in [-0.39, 0.29) is 23.5 Å². The zero-order valence-corrected chi connectivity index (χ0v) is 17.3. The number of carbonyl (C=O) groups excluding carboxylic acids is 2. The highest BCUT2D eigenvalue weighted by Gasteiger charge is 2.60. The summed E-state index contributed by atoms with van der Waals surface area (Å²) < 4.78 is 11.2. The van der Waals surface area contributed by atoms with Crippen molar-refractivity contribution >= 4 is 11.9 Å². The van der Waals surface area contributed by atoms with Crippen LogP contribution in [-0.4, -0.2) is 18.0 Å². The average molecular weight is 375 g/mol. The van der Waals surface area contributed by atoms with Crippen molar-refractivity contribution in [2.24, 2.45) is 34.5 Å². The number of hydrogen-bond donors (Lipinski definition) is 0. The van der Waals surface area contributed by atoms with Crippen LogP contribution in [-0.2, 0) is 19.1 Å². The van der Waals surface area contributed by atoms with Crippen LogP contribution in [0.1, 0.15) is 79.1 Å². The molecule has 4 nitrogen and oxygen atoms in total. The van der Waals surface area contributed by atoms with Crippen LogP contribution in [0, 0.1) is 34.5 Å². The van der Waals surface area contributed by atoms with E-state index in [9.17, 15) is 9.59 Å². The van der Waals surface area contributed by atoms with Crippen LogP contribution in [0.3, 0.4) is 0 Å². The first-order valence-corrected chi connectivity index (χ1v) is 10.8. The number of fused-ring (bicyclic) bond motifs is 5. The van der Waals surface area contributed by atoms with Gasteiger partial charge in [0.15, 0.2) is 0 Å². The summed E-state index contributed by atoms with van der Waals surface area (Å²) in [6.45, 7) is 7.90. The van der Waals surface area contributed by atoms with E-state index in [0.29, 0.717) is 17.3 Å². The van der Waals surface area contributed by atoms with Crippen LogP contribution < -0.4 is 0 Å². The van der Waals surface area contributed by atoms with Gasteiger partial charge < -0.3 is 9.47 Å². The number of allylic oxidation sites excluding steroid dienone is 2. The lowest BCUT2D eigenvalue weighted by atomic mass is 9.46. The second kappa shape index (κ2) is 6.63. The van der Waals surface area contributed by atoms with E-state index >= 15 is 0 Å². The molecule has 0 amide bonds. The Labute approximate surface area is 163 Å². The zero-order valence-electron chi connectivity index (χ0n) is 17.3. The van der Waals surface area contributed by atoms with Gasteiger partial charge in [-0.15, -0.1) is 0 Å². The first-order valence-electron chi connectivity index (χ1n) is 10.8. The van der Waals surface area contributed by atoms with Gasteiger partial charge in [0.1, 0.15) is 11.9 Å². The number of ether oxygens (including phenoxy) is 2. The third-order valence-corrected chi connectivity index (χ3v) is 8.78. The summed E-state index contributed by atoms with van der Waals surface area (Å²) in [5, 5.41) is 0. The van der Waals surface area contributed by atoms with Gasteiger partial charge in [0, 0.05) is 25.7 Å². The summed E-state index contributed by atoms with van der Waals surface area (Å²) in [6, 6.07) is 0. The van der Waals surface area contributed by atoms with Crippen molar-refractivity contribution in [2.75, 3.05) is 0 Å². The highest BCUT2D eigenvalue weighted by molar-refractivity contribution is 5.67. The van der Waals surface area contributed by atoms with Gasteiger partial charge in [0.2, 0.25) is 0 Å².